The van der Waals surface area contributed by atoms with Crippen LogP contribution in [0.1, 0.15) is 39.0 Å². The van der Waals surface area contributed by atoms with Crippen LogP contribution in [-0.2, 0) is 9.59 Å². The monoisotopic (exact) mass is 228 g/mol. The van der Waals surface area contributed by atoms with E-state index in [9.17, 15) is 9.59 Å². The molecule has 0 aromatic carbocycles. The molecular weight excluding hydrogens is 208 g/mol. The third kappa shape index (κ3) is 2.95. The molecule has 0 bridgehead atoms. The van der Waals surface area contributed by atoms with Gasteiger partial charge in [-0.15, -0.1) is 0 Å². The summed E-state index contributed by atoms with van der Waals surface area (Å²) in [7, 11) is 0. The van der Waals surface area contributed by atoms with Crippen molar-refractivity contribution in [1.29, 1.82) is 0 Å². The van der Waals surface area contributed by atoms with Gasteiger partial charge in [0, 0.05) is 6.42 Å². The summed E-state index contributed by atoms with van der Waals surface area (Å²) in [6.45, 7) is 2.24. The van der Waals surface area contributed by atoms with Crippen molar-refractivity contribution in [3.05, 3.63) is 0 Å². The molecule has 1 fully saturated rings. The quantitative estimate of drug-likeness (QED) is 0.616. The van der Waals surface area contributed by atoms with E-state index in [0.717, 1.165) is 19.3 Å². The number of carbonyl (C=O) groups excluding carboxylic acids is 1. The predicted octanol–water partition coefficient (Wildman–Crippen LogP) is 0.485. The molecule has 0 heterocycles. The lowest BCUT2D eigenvalue weighted by Crippen LogP contribution is -2.46. The fourth-order valence-electron chi connectivity index (χ4n) is 2.05. The van der Waals surface area contributed by atoms with Crippen LogP contribution in [-0.4, -0.2) is 29.6 Å². The van der Waals surface area contributed by atoms with Crippen LogP contribution in [0.15, 0.2) is 0 Å². The van der Waals surface area contributed by atoms with Gasteiger partial charge in [-0.05, 0) is 31.2 Å². The highest BCUT2D eigenvalue weighted by Crippen LogP contribution is 2.42. The van der Waals surface area contributed by atoms with Crippen molar-refractivity contribution >= 4 is 11.9 Å². The van der Waals surface area contributed by atoms with Gasteiger partial charge >= 0.3 is 5.97 Å². The van der Waals surface area contributed by atoms with E-state index in [1.807, 2.05) is 0 Å². The lowest BCUT2D eigenvalue weighted by molar-refractivity contribution is -0.142. The highest BCUT2D eigenvalue weighted by atomic mass is 16.4. The molecule has 92 valence electrons. The van der Waals surface area contributed by atoms with Crippen molar-refractivity contribution in [3.8, 4) is 0 Å². The number of rotatable bonds is 6. The number of amides is 1. The van der Waals surface area contributed by atoms with E-state index in [1.165, 1.54) is 0 Å². The smallest absolute Gasteiger partial charge is 0.326 e. The summed E-state index contributed by atoms with van der Waals surface area (Å²) in [6.07, 6.45) is 3.81. The van der Waals surface area contributed by atoms with Crippen LogP contribution in [0, 0.1) is 5.41 Å². The van der Waals surface area contributed by atoms with Crippen LogP contribution in [0.25, 0.3) is 0 Å². The van der Waals surface area contributed by atoms with Crippen molar-refractivity contribution in [2.24, 2.45) is 11.1 Å². The van der Waals surface area contributed by atoms with Gasteiger partial charge in [0.2, 0.25) is 5.91 Å². The second-order valence-electron chi connectivity index (χ2n) is 4.60. The fourth-order valence-corrected chi connectivity index (χ4v) is 2.05. The Labute approximate surface area is 95.4 Å². The third-order valence-electron chi connectivity index (χ3n) is 3.42. The van der Waals surface area contributed by atoms with Crippen molar-refractivity contribution in [3.63, 3.8) is 0 Å². The Bertz CT molecular complexity index is 269. The summed E-state index contributed by atoms with van der Waals surface area (Å²) in [6, 6.07) is -0.776. The van der Waals surface area contributed by atoms with Crippen LogP contribution < -0.4 is 11.1 Å². The Kier molecular flexibility index (Phi) is 4.29. The van der Waals surface area contributed by atoms with Crippen molar-refractivity contribution < 1.29 is 14.7 Å². The van der Waals surface area contributed by atoms with Crippen molar-refractivity contribution in [2.75, 3.05) is 6.54 Å². The molecule has 16 heavy (non-hydrogen) atoms. The SMILES string of the molecule is CC[C@@H](NC(=O)CC1(CN)CCC1)C(=O)O. The number of aliphatic carboxylic acids is 1. The average molecular weight is 228 g/mol. The zero-order valence-electron chi connectivity index (χ0n) is 9.66. The number of carbonyl (C=O) groups is 2. The van der Waals surface area contributed by atoms with Crippen LogP contribution in [0.3, 0.4) is 0 Å². The topological polar surface area (TPSA) is 92.4 Å². The van der Waals surface area contributed by atoms with Gasteiger partial charge < -0.3 is 16.2 Å². The second-order valence-corrected chi connectivity index (χ2v) is 4.60. The minimum atomic E-state index is -0.980. The Balaban J connectivity index is 2.43. The van der Waals surface area contributed by atoms with Crippen molar-refractivity contribution in [2.45, 2.75) is 45.1 Å². The molecule has 1 saturated carbocycles. The fraction of sp³-hybridized carbons (Fsp3) is 0.818. The third-order valence-corrected chi connectivity index (χ3v) is 3.42. The minimum absolute atomic E-state index is 0.0686. The maximum absolute atomic E-state index is 11.7. The molecule has 4 N–H and O–H groups in total. The van der Waals surface area contributed by atoms with Gasteiger partial charge in [0.25, 0.3) is 0 Å². The van der Waals surface area contributed by atoms with Gasteiger partial charge in [-0.1, -0.05) is 13.3 Å². The zero-order chi connectivity index (χ0) is 12.2. The maximum atomic E-state index is 11.7. The first-order valence-electron chi connectivity index (χ1n) is 5.75. The largest absolute Gasteiger partial charge is 0.480 e. The molecule has 0 spiro atoms. The normalized spacial score (nSPS) is 19.6. The van der Waals surface area contributed by atoms with Gasteiger partial charge in [0.1, 0.15) is 6.04 Å². The number of nitrogens with two attached hydrogens (primary N) is 1. The van der Waals surface area contributed by atoms with Crippen molar-refractivity contribution in [1.82, 2.24) is 5.32 Å². The summed E-state index contributed by atoms with van der Waals surface area (Å²) in [5.41, 5.74) is 5.58. The molecule has 1 rings (SSSR count). The lowest BCUT2D eigenvalue weighted by atomic mass is 9.66. The molecule has 0 aromatic rings. The molecule has 0 saturated heterocycles. The Morgan fingerprint density at radius 1 is 1.50 bits per heavy atom. The van der Waals surface area contributed by atoms with E-state index in [4.69, 9.17) is 10.8 Å². The summed E-state index contributed by atoms with van der Waals surface area (Å²) in [4.78, 5) is 22.4. The van der Waals surface area contributed by atoms with Gasteiger partial charge in [-0.25, -0.2) is 4.79 Å². The summed E-state index contributed by atoms with van der Waals surface area (Å²) < 4.78 is 0. The standard InChI is InChI=1S/C11H20N2O3/c1-2-8(10(15)16)13-9(14)6-11(7-12)4-3-5-11/h8H,2-7,12H2,1H3,(H,13,14)(H,15,16)/t8-/m1/s1. The van der Waals surface area contributed by atoms with Gasteiger partial charge in [-0.2, -0.15) is 0 Å². The average Bonchev–Trinajstić information content (AvgIpc) is 2.19. The predicted molar refractivity (Wildman–Crippen MR) is 59.8 cm³/mol. The van der Waals surface area contributed by atoms with Crippen LogP contribution in [0.5, 0.6) is 0 Å². The zero-order valence-corrected chi connectivity index (χ0v) is 9.66. The highest BCUT2D eigenvalue weighted by Gasteiger charge is 2.38. The lowest BCUT2D eigenvalue weighted by Gasteiger charge is -2.40. The molecule has 0 aliphatic heterocycles. The molecule has 0 radical (unpaired) electrons. The summed E-state index contributed by atoms with van der Waals surface area (Å²) in [5.74, 6) is -1.18. The molecule has 1 atom stereocenters. The number of carboxylic acids is 1. The van der Waals surface area contributed by atoms with Gasteiger partial charge in [0.05, 0.1) is 0 Å². The summed E-state index contributed by atoms with van der Waals surface area (Å²) >= 11 is 0. The Morgan fingerprint density at radius 2 is 2.12 bits per heavy atom. The molecule has 5 nitrogen and oxygen atoms in total. The number of carboxylic acid groups (broad SMARTS) is 1. The second kappa shape index (κ2) is 5.30. The maximum Gasteiger partial charge on any atom is 0.326 e. The number of hydrogen-bond acceptors (Lipinski definition) is 3. The van der Waals surface area contributed by atoms with E-state index in [1.54, 1.807) is 6.92 Å². The van der Waals surface area contributed by atoms with E-state index in [0.29, 0.717) is 19.4 Å². The molecule has 1 aliphatic rings. The first-order valence-corrected chi connectivity index (χ1v) is 5.75. The van der Waals surface area contributed by atoms with Gasteiger partial charge in [0.15, 0.2) is 0 Å². The van der Waals surface area contributed by atoms with Crippen LogP contribution in [0.4, 0.5) is 0 Å². The highest BCUT2D eigenvalue weighted by molar-refractivity contribution is 5.83. The Hall–Kier alpha value is -1.10. The molecule has 5 heteroatoms. The van der Waals surface area contributed by atoms with E-state index >= 15 is 0 Å². The molecule has 0 aromatic heterocycles. The minimum Gasteiger partial charge on any atom is -0.480 e. The molecule has 0 unspecified atom stereocenters. The number of nitrogens with one attached hydrogen (secondary N) is 1. The first-order chi connectivity index (χ1) is 7.53. The van der Waals surface area contributed by atoms with Crippen LogP contribution in [0.2, 0.25) is 0 Å². The molecule has 1 amide bonds. The van der Waals surface area contributed by atoms with E-state index in [2.05, 4.69) is 5.32 Å². The van der Waals surface area contributed by atoms with Gasteiger partial charge in [-0.3, -0.25) is 4.79 Å². The first kappa shape index (κ1) is 13.0. The number of hydrogen-bond donors (Lipinski definition) is 3. The van der Waals surface area contributed by atoms with Crippen LogP contribution >= 0.6 is 0 Å². The molecule has 1 aliphatic carbocycles. The van der Waals surface area contributed by atoms with E-state index in [-0.39, 0.29) is 11.3 Å². The van der Waals surface area contributed by atoms with E-state index < -0.39 is 12.0 Å². The Morgan fingerprint density at radius 3 is 2.44 bits per heavy atom. The molecular formula is C11H20N2O3. The summed E-state index contributed by atoms with van der Waals surface area (Å²) in [5, 5.41) is 11.3.